The van der Waals surface area contributed by atoms with E-state index < -0.39 is 5.92 Å². The Morgan fingerprint density at radius 2 is 2.13 bits per heavy atom. The van der Waals surface area contributed by atoms with E-state index in [1.807, 2.05) is 37.4 Å². The monoisotopic (exact) mass is 319 g/mol. The third-order valence-corrected chi connectivity index (χ3v) is 4.36. The van der Waals surface area contributed by atoms with Gasteiger partial charge in [-0.25, -0.2) is 0 Å². The van der Waals surface area contributed by atoms with Gasteiger partial charge in [0.15, 0.2) is 0 Å². The Balaban J connectivity index is 2.05. The first-order valence-corrected chi connectivity index (χ1v) is 7.87. The third kappa shape index (κ3) is 4.26. The molecule has 0 amide bonds. The number of benzene rings is 1. The second-order valence-corrected chi connectivity index (χ2v) is 5.95. The minimum atomic E-state index is -0.638. The van der Waals surface area contributed by atoms with E-state index in [-0.39, 0.29) is 24.7 Å². The van der Waals surface area contributed by atoms with Crippen molar-refractivity contribution in [1.29, 1.82) is 0 Å². The second-order valence-electron chi connectivity index (χ2n) is 5.95. The Labute approximate surface area is 137 Å². The lowest BCUT2D eigenvalue weighted by Crippen LogP contribution is -2.40. The molecular weight excluding hydrogens is 294 g/mol. The average Bonchev–Trinajstić information content (AvgIpc) is 2.54. The van der Waals surface area contributed by atoms with Gasteiger partial charge in [0.1, 0.15) is 18.3 Å². The lowest BCUT2D eigenvalue weighted by atomic mass is 9.97. The van der Waals surface area contributed by atoms with Crippen molar-refractivity contribution in [2.75, 3.05) is 20.8 Å². The van der Waals surface area contributed by atoms with E-state index in [0.717, 1.165) is 17.7 Å². The van der Waals surface area contributed by atoms with Crippen LogP contribution < -0.4 is 0 Å². The minimum Gasteiger partial charge on any atom is -0.503 e. The number of carbonyl (C=O) groups is 1. The van der Waals surface area contributed by atoms with Crippen molar-refractivity contribution < 1.29 is 19.4 Å². The number of piperidine rings is 1. The van der Waals surface area contributed by atoms with Crippen molar-refractivity contribution in [3.05, 3.63) is 47.9 Å². The smallest absolute Gasteiger partial charge is 0.316 e. The van der Waals surface area contributed by atoms with Crippen molar-refractivity contribution in [1.82, 2.24) is 4.90 Å². The Kier molecular flexibility index (Phi) is 6.04. The van der Waals surface area contributed by atoms with Gasteiger partial charge in [-0.1, -0.05) is 30.3 Å². The van der Waals surface area contributed by atoms with Gasteiger partial charge in [0.2, 0.25) is 0 Å². The first-order chi connectivity index (χ1) is 11.1. The zero-order valence-corrected chi connectivity index (χ0v) is 13.9. The zero-order valence-electron chi connectivity index (χ0n) is 13.9. The van der Waals surface area contributed by atoms with E-state index in [1.165, 1.54) is 0 Å². The maximum absolute atomic E-state index is 12.4. The van der Waals surface area contributed by atoms with Crippen LogP contribution in [-0.4, -0.2) is 48.9 Å². The molecule has 5 nitrogen and oxygen atoms in total. The van der Waals surface area contributed by atoms with Crippen molar-refractivity contribution in [2.24, 2.45) is 0 Å². The van der Waals surface area contributed by atoms with Gasteiger partial charge in [-0.15, -0.1) is 0 Å². The van der Waals surface area contributed by atoms with Crippen LogP contribution >= 0.6 is 0 Å². The third-order valence-electron chi connectivity index (χ3n) is 4.36. The van der Waals surface area contributed by atoms with E-state index in [9.17, 15) is 9.90 Å². The maximum atomic E-state index is 12.4. The number of ether oxygens (including phenoxy) is 2. The molecule has 3 atom stereocenters. The Morgan fingerprint density at radius 1 is 1.43 bits per heavy atom. The standard InChI is InChI=1S/C18H25NO4/c1-13-9-16(10-15(12-22-3)19(13)2)23-18(21)17(11-20)14-7-5-4-6-8-14/h4-8,12-13,16-17,20H,9-11H2,1-3H3/b15-12-/t13?,16-,17+/m0/s1. The molecule has 1 aliphatic heterocycles. The summed E-state index contributed by atoms with van der Waals surface area (Å²) in [5.74, 6) is -1.02. The first kappa shape index (κ1) is 17.3. The van der Waals surface area contributed by atoms with E-state index in [2.05, 4.69) is 11.8 Å². The van der Waals surface area contributed by atoms with Gasteiger partial charge >= 0.3 is 5.97 Å². The number of hydrogen-bond acceptors (Lipinski definition) is 5. The fraction of sp³-hybridized carbons (Fsp3) is 0.500. The Bertz CT molecular complexity index is 543. The van der Waals surface area contributed by atoms with Crippen LogP contribution in [0.25, 0.3) is 0 Å². The number of aliphatic hydroxyl groups excluding tert-OH is 1. The number of hydrogen-bond donors (Lipinski definition) is 1. The SMILES string of the molecule is CO/C=C1/C[C@@H](OC(=O)[C@H](CO)c2ccccc2)CC(C)N1C. The summed E-state index contributed by atoms with van der Waals surface area (Å²) < 4.78 is 10.8. The van der Waals surface area contributed by atoms with Gasteiger partial charge in [0.25, 0.3) is 0 Å². The highest BCUT2D eigenvalue weighted by atomic mass is 16.5. The van der Waals surface area contributed by atoms with Gasteiger partial charge in [-0.3, -0.25) is 4.79 Å². The number of nitrogens with zero attached hydrogens (tertiary/aromatic N) is 1. The predicted molar refractivity (Wildman–Crippen MR) is 87.7 cm³/mol. The lowest BCUT2D eigenvalue weighted by Gasteiger charge is -2.38. The molecule has 23 heavy (non-hydrogen) atoms. The molecule has 0 spiro atoms. The van der Waals surface area contributed by atoms with Crippen LogP contribution in [0.5, 0.6) is 0 Å². The summed E-state index contributed by atoms with van der Waals surface area (Å²) in [4.78, 5) is 14.6. The van der Waals surface area contributed by atoms with Crippen LogP contribution in [0.4, 0.5) is 0 Å². The number of esters is 1. The molecule has 0 aromatic heterocycles. The summed E-state index contributed by atoms with van der Waals surface area (Å²) in [6.07, 6.45) is 2.87. The predicted octanol–water partition coefficient (Wildman–Crippen LogP) is 2.28. The molecular formula is C18H25NO4. The number of aliphatic hydroxyl groups is 1. The molecule has 1 fully saturated rings. The van der Waals surface area contributed by atoms with E-state index in [0.29, 0.717) is 6.42 Å². The molecule has 0 aliphatic carbocycles. The Morgan fingerprint density at radius 3 is 2.74 bits per heavy atom. The van der Waals surface area contributed by atoms with Crippen LogP contribution in [-0.2, 0) is 14.3 Å². The van der Waals surface area contributed by atoms with Gasteiger partial charge in [0.05, 0.1) is 19.4 Å². The van der Waals surface area contributed by atoms with E-state index >= 15 is 0 Å². The number of likely N-dealkylation sites (tertiary alicyclic amines) is 1. The molecule has 1 heterocycles. The molecule has 0 radical (unpaired) electrons. The molecule has 1 unspecified atom stereocenters. The van der Waals surface area contributed by atoms with Crippen LogP contribution in [0.15, 0.2) is 42.3 Å². The highest BCUT2D eigenvalue weighted by Gasteiger charge is 2.31. The molecule has 5 heteroatoms. The van der Waals surface area contributed by atoms with Crippen molar-refractivity contribution in [3.63, 3.8) is 0 Å². The summed E-state index contributed by atoms with van der Waals surface area (Å²) in [5.41, 5.74) is 1.78. The molecule has 1 saturated heterocycles. The normalized spacial score (nSPS) is 24.3. The quantitative estimate of drug-likeness (QED) is 0.666. The summed E-state index contributed by atoms with van der Waals surface area (Å²) in [5, 5.41) is 9.57. The van der Waals surface area contributed by atoms with E-state index in [4.69, 9.17) is 9.47 Å². The lowest BCUT2D eigenvalue weighted by molar-refractivity contribution is -0.154. The summed E-state index contributed by atoms with van der Waals surface area (Å²) in [7, 11) is 3.62. The van der Waals surface area contributed by atoms with Gasteiger partial charge in [-0.05, 0) is 12.5 Å². The maximum Gasteiger partial charge on any atom is 0.316 e. The fourth-order valence-corrected chi connectivity index (χ4v) is 2.89. The van der Waals surface area contributed by atoms with Gasteiger partial charge in [0, 0.05) is 25.9 Å². The van der Waals surface area contributed by atoms with E-state index in [1.54, 1.807) is 13.4 Å². The molecule has 1 aliphatic rings. The van der Waals surface area contributed by atoms with Crippen LogP contribution in [0, 0.1) is 0 Å². The first-order valence-electron chi connectivity index (χ1n) is 7.87. The summed E-state index contributed by atoms with van der Waals surface area (Å²) >= 11 is 0. The van der Waals surface area contributed by atoms with Crippen molar-refractivity contribution >= 4 is 5.97 Å². The van der Waals surface area contributed by atoms with Crippen LogP contribution in [0.2, 0.25) is 0 Å². The summed E-state index contributed by atoms with van der Waals surface area (Å²) in [6, 6.07) is 9.49. The van der Waals surface area contributed by atoms with Gasteiger partial charge < -0.3 is 19.5 Å². The van der Waals surface area contributed by atoms with Gasteiger partial charge in [-0.2, -0.15) is 0 Å². The fourth-order valence-electron chi connectivity index (χ4n) is 2.89. The Hall–Kier alpha value is -2.01. The minimum absolute atomic E-state index is 0.201. The molecule has 0 bridgehead atoms. The molecule has 2 rings (SSSR count). The number of methoxy groups -OCH3 is 1. The number of rotatable bonds is 5. The van der Waals surface area contributed by atoms with Crippen molar-refractivity contribution in [3.8, 4) is 0 Å². The molecule has 126 valence electrons. The molecule has 1 N–H and O–H groups in total. The van der Waals surface area contributed by atoms with Crippen molar-refractivity contribution in [2.45, 2.75) is 37.8 Å². The molecule has 1 aromatic carbocycles. The topological polar surface area (TPSA) is 59.0 Å². The largest absolute Gasteiger partial charge is 0.503 e. The second kappa shape index (κ2) is 8.02. The highest BCUT2D eigenvalue weighted by molar-refractivity contribution is 5.78. The van der Waals surface area contributed by atoms with Crippen LogP contribution in [0.1, 0.15) is 31.2 Å². The highest BCUT2D eigenvalue weighted by Crippen LogP contribution is 2.28. The number of carbonyl (C=O) groups excluding carboxylic acids is 1. The molecule has 0 saturated carbocycles. The summed E-state index contributed by atoms with van der Waals surface area (Å²) in [6.45, 7) is 1.83. The molecule has 1 aromatic rings. The average molecular weight is 319 g/mol. The van der Waals surface area contributed by atoms with Crippen LogP contribution in [0.3, 0.4) is 0 Å². The zero-order chi connectivity index (χ0) is 16.8.